The van der Waals surface area contributed by atoms with Crippen LogP contribution in [0.5, 0.6) is 0 Å². The molecule has 0 saturated heterocycles. The molecule has 1 unspecified atom stereocenters. The van der Waals surface area contributed by atoms with Crippen LogP contribution in [0.25, 0.3) is 0 Å². The number of hydrogen-bond acceptors (Lipinski definition) is 3. The fourth-order valence-electron chi connectivity index (χ4n) is 1.39. The minimum absolute atomic E-state index is 0.113. The van der Waals surface area contributed by atoms with E-state index in [4.69, 9.17) is 5.11 Å². The van der Waals surface area contributed by atoms with Crippen LogP contribution in [-0.2, 0) is 4.79 Å². The van der Waals surface area contributed by atoms with Crippen LogP contribution in [0.2, 0.25) is 0 Å². The third-order valence-corrected chi connectivity index (χ3v) is 2.35. The number of hydrogen-bond donors (Lipinski definition) is 1. The molecule has 1 aromatic rings. The number of halogens is 2. The summed E-state index contributed by atoms with van der Waals surface area (Å²) in [6.07, 6.45) is -2.95. The predicted octanol–water partition coefficient (Wildman–Crippen LogP) is 2.72. The first-order chi connectivity index (χ1) is 7.84. The monoisotopic (exact) mass is 245 g/mol. The summed E-state index contributed by atoms with van der Waals surface area (Å²) in [5, 5.41) is 19.2. The number of carboxylic acid groups (broad SMARTS) is 1. The van der Waals surface area contributed by atoms with E-state index in [-0.39, 0.29) is 5.56 Å². The Kier molecular flexibility index (Phi) is 3.72. The molecule has 17 heavy (non-hydrogen) atoms. The van der Waals surface area contributed by atoms with Gasteiger partial charge in [-0.3, -0.25) is 14.9 Å². The maximum absolute atomic E-state index is 12.7. The fraction of sp³-hybridized carbons (Fsp3) is 0.300. The molecule has 0 aliphatic heterocycles. The van der Waals surface area contributed by atoms with Gasteiger partial charge in [-0.1, -0.05) is 6.07 Å². The second kappa shape index (κ2) is 4.86. The maximum Gasteiger partial charge on any atom is 0.310 e. The number of nitrogens with zero attached hydrogens (tertiary/aromatic N) is 1. The standard InChI is InChI=1S/C10H9F2NO4/c1-5(10(14)15)7-3-2-6(13(16)17)4-8(7)9(11)12/h2-5,9H,1H3,(H,14,15). The number of alkyl halides is 2. The highest BCUT2D eigenvalue weighted by Crippen LogP contribution is 2.31. The molecule has 0 aromatic heterocycles. The molecule has 1 N–H and O–H groups in total. The molecular weight excluding hydrogens is 236 g/mol. The van der Waals surface area contributed by atoms with E-state index < -0.39 is 34.5 Å². The first-order valence-electron chi connectivity index (χ1n) is 4.63. The van der Waals surface area contributed by atoms with Gasteiger partial charge >= 0.3 is 5.97 Å². The number of nitro groups is 1. The molecule has 92 valence electrons. The Morgan fingerprint density at radius 2 is 2.00 bits per heavy atom. The summed E-state index contributed by atoms with van der Waals surface area (Å²) in [7, 11) is 0. The van der Waals surface area contributed by atoms with Gasteiger partial charge in [0, 0.05) is 17.7 Å². The molecule has 1 atom stereocenters. The molecule has 0 amide bonds. The average molecular weight is 245 g/mol. The maximum atomic E-state index is 12.7. The molecule has 0 spiro atoms. The van der Waals surface area contributed by atoms with Crippen LogP contribution in [0.1, 0.15) is 30.4 Å². The molecule has 0 radical (unpaired) electrons. The molecule has 0 aliphatic carbocycles. The first kappa shape index (κ1) is 13.0. The second-order valence-corrected chi connectivity index (χ2v) is 3.43. The molecule has 1 aromatic carbocycles. The van der Waals surface area contributed by atoms with Crippen molar-refractivity contribution in [2.75, 3.05) is 0 Å². The highest BCUT2D eigenvalue weighted by atomic mass is 19.3. The molecule has 0 heterocycles. The lowest BCUT2D eigenvalue weighted by Crippen LogP contribution is -2.10. The second-order valence-electron chi connectivity index (χ2n) is 3.43. The van der Waals surface area contributed by atoms with Crippen LogP contribution in [0.4, 0.5) is 14.5 Å². The van der Waals surface area contributed by atoms with Crippen molar-refractivity contribution in [1.82, 2.24) is 0 Å². The van der Waals surface area contributed by atoms with E-state index in [1.807, 2.05) is 0 Å². The average Bonchev–Trinajstić information content (AvgIpc) is 2.26. The summed E-state index contributed by atoms with van der Waals surface area (Å²) in [6.45, 7) is 1.25. The normalized spacial score (nSPS) is 12.5. The molecule has 5 nitrogen and oxygen atoms in total. The largest absolute Gasteiger partial charge is 0.481 e. The highest BCUT2D eigenvalue weighted by molar-refractivity contribution is 5.76. The molecule has 0 bridgehead atoms. The van der Waals surface area contributed by atoms with Crippen molar-refractivity contribution in [3.8, 4) is 0 Å². The fourth-order valence-corrected chi connectivity index (χ4v) is 1.39. The van der Waals surface area contributed by atoms with E-state index in [1.54, 1.807) is 0 Å². The minimum atomic E-state index is -2.95. The van der Waals surface area contributed by atoms with Crippen LogP contribution < -0.4 is 0 Å². The Balaban J connectivity index is 3.31. The number of rotatable bonds is 4. The van der Waals surface area contributed by atoms with Crippen molar-refractivity contribution in [3.05, 3.63) is 39.4 Å². The Morgan fingerprint density at radius 3 is 2.41 bits per heavy atom. The van der Waals surface area contributed by atoms with Gasteiger partial charge in [0.2, 0.25) is 0 Å². The topological polar surface area (TPSA) is 80.4 Å². The van der Waals surface area contributed by atoms with Gasteiger partial charge in [0.05, 0.1) is 10.8 Å². The van der Waals surface area contributed by atoms with Crippen molar-refractivity contribution in [1.29, 1.82) is 0 Å². The third-order valence-electron chi connectivity index (χ3n) is 2.35. The minimum Gasteiger partial charge on any atom is -0.481 e. The van der Waals surface area contributed by atoms with Gasteiger partial charge in [-0.15, -0.1) is 0 Å². The van der Waals surface area contributed by atoms with Crippen LogP contribution in [0, 0.1) is 10.1 Å². The van der Waals surface area contributed by atoms with Crippen molar-refractivity contribution in [2.24, 2.45) is 0 Å². The van der Waals surface area contributed by atoms with Crippen molar-refractivity contribution in [2.45, 2.75) is 19.3 Å². The number of carbonyl (C=O) groups is 1. The van der Waals surface area contributed by atoms with E-state index in [1.165, 1.54) is 6.92 Å². The first-order valence-corrected chi connectivity index (χ1v) is 4.63. The lowest BCUT2D eigenvalue weighted by atomic mass is 9.95. The lowest BCUT2D eigenvalue weighted by Gasteiger charge is -2.12. The molecule has 1 rings (SSSR count). The third kappa shape index (κ3) is 2.74. The van der Waals surface area contributed by atoms with Gasteiger partial charge in [0.15, 0.2) is 0 Å². The van der Waals surface area contributed by atoms with Crippen LogP contribution >= 0.6 is 0 Å². The van der Waals surface area contributed by atoms with Gasteiger partial charge in [0.1, 0.15) is 0 Å². The predicted molar refractivity (Wildman–Crippen MR) is 54.1 cm³/mol. The van der Waals surface area contributed by atoms with Crippen molar-refractivity contribution in [3.63, 3.8) is 0 Å². The van der Waals surface area contributed by atoms with Gasteiger partial charge in [-0.25, -0.2) is 8.78 Å². The smallest absolute Gasteiger partial charge is 0.310 e. The highest BCUT2D eigenvalue weighted by Gasteiger charge is 2.24. The molecule has 0 fully saturated rings. The van der Waals surface area contributed by atoms with E-state index >= 15 is 0 Å². The summed E-state index contributed by atoms with van der Waals surface area (Å²) in [6, 6.07) is 2.78. The van der Waals surface area contributed by atoms with Crippen molar-refractivity contribution >= 4 is 11.7 Å². The van der Waals surface area contributed by atoms with Crippen molar-refractivity contribution < 1.29 is 23.6 Å². The Bertz CT molecular complexity index is 462. The Hall–Kier alpha value is -2.05. The summed E-state index contributed by atoms with van der Waals surface area (Å²) in [4.78, 5) is 20.3. The summed E-state index contributed by atoms with van der Waals surface area (Å²) >= 11 is 0. The van der Waals surface area contributed by atoms with Gasteiger partial charge in [0.25, 0.3) is 12.1 Å². The zero-order valence-corrected chi connectivity index (χ0v) is 8.76. The summed E-state index contributed by atoms with van der Waals surface area (Å²) in [5.74, 6) is -2.40. The molecule has 7 heteroatoms. The van der Waals surface area contributed by atoms with E-state index in [9.17, 15) is 23.7 Å². The lowest BCUT2D eigenvalue weighted by molar-refractivity contribution is -0.385. The van der Waals surface area contributed by atoms with Gasteiger partial charge in [-0.2, -0.15) is 0 Å². The number of benzene rings is 1. The quantitative estimate of drug-likeness (QED) is 0.653. The number of nitro benzene ring substituents is 1. The van der Waals surface area contributed by atoms with Crippen LogP contribution in [0.15, 0.2) is 18.2 Å². The molecule has 0 saturated carbocycles. The molecule has 0 aliphatic rings. The summed E-state index contributed by atoms with van der Waals surface area (Å²) in [5.41, 5.74) is -1.21. The van der Waals surface area contributed by atoms with E-state index in [2.05, 4.69) is 0 Å². The van der Waals surface area contributed by atoms with Crippen LogP contribution in [-0.4, -0.2) is 16.0 Å². The Labute approximate surface area is 94.8 Å². The zero-order valence-electron chi connectivity index (χ0n) is 8.76. The summed E-state index contributed by atoms with van der Waals surface area (Å²) < 4.78 is 25.4. The van der Waals surface area contributed by atoms with Gasteiger partial charge < -0.3 is 5.11 Å². The van der Waals surface area contributed by atoms with Gasteiger partial charge in [-0.05, 0) is 12.5 Å². The molecular formula is C10H9F2NO4. The Morgan fingerprint density at radius 1 is 1.41 bits per heavy atom. The SMILES string of the molecule is CC(C(=O)O)c1ccc([N+](=O)[O-])cc1C(F)F. The van der Waals surface area contributed by atoms with Crippen LogP contribution in [0.3, 0.4) is 0 Å². The number of non-ortho nitro benzene ring substituents is 1. The number of carboxylic acids is 1. The van der Waals surface area contributed by atoms with E-state index in [0.29, 0.717) is 6.07 Å². The zero-order chi connectivity index (χ0) is 13.2. The van der Waals surface area contributed by atoms with E-state index in [0.717, 1.165) is 12.1 Å². The number of aliphatic carboxylic acids is 1.